The van der Waals surface area contributed by atoms with Crippen LogP contribution in [0.3, 0.4) is 0 Å². The lowest BCUT2D eigenvalue weighted by molar-refractivity contribution is 0.244. The first-order valence-electron chi connectivity index (χ1n) is 6.21. The van der Waals surface area contributed by atoms with Crippen LogP contribution in [0.4, 0.5) is 5.82 Å². The van der Waals surface area contributed by atoms with Gasteiger partial charge in [0.05, 0.1) is 6.20 Å². The van der Waals surface area contributed by atoms with Gasteiger partial charge in [0.2, 0.25) is 0 Å². The standard InChI is InChI=1S/C12H20N4O/c13-8-11-3-5-14-15-12(11)16-6-1-2-10(9-16)4-7-17/h3,5,10,17H,1-2,4,6-9,13H2. The summed E-state index contributed by atoms with van der Waals surface area (Å²) >= 11 is 0. The first kappa shape index (κ1) is 12.3. The molecule has 2 rings (SSSR count). The Hall–Kier alpha value is -1.20. The zero-order valence-electron chi connectivity index (χ0n) is 10.0. The maximum atomic E-state index is 9.01. The van der Waals surface area contributed by atoms with Gasteiger partial charge in [0, 0.05) is 31.8 Å². The summed E-state index contributed by atoms with van der Waals surface area (Å²) in [5.74, 6) is 1.47. The van der Waals surface area contributed by atoms with Crippen molar-refractivity contribution in [3.05, 3.63) is 17.8 Å². The monoisotopic (exact) mass is 236 g/mol. The van der Waals surface area contributed by atoms with Gasteiger partial charge in [-0.25, -0.2) is 0 Å². The van der Waals surface area contributed by atoms with Gasteiger partial charge in [-0.3, -0.25) is 0 Å². The molecule has 17 heavy (non-hydrogen) atoms. The van der Waals surface area contributed by atoms with Crippen LogP contribution in [-0.4, -0.2) is 35.0 Å². The zero-order chi connectivity index (χ0) is 12.1. The van der Waals surface area contributed by atoms with Crippen LogP contribution in [-0.2, 0) is 6.54 Å². The van der Waals surface area contributed by atoms with Crippen molar-refractivity contribution in [1.29, 1.82) is 0 Å². The third-order valence-electron chi connectivity index (χ3n) is 3.36. The number of hydrogen-bond acceptors (Lipinski definition) is 5. The average molecular weight is 236 g/mol. The number of nitrogens with two attached hydrogens (primary N) is 1. The summed E-state index contributed by atoms with van der Waals surface area (Å²) in [5, 5.41) is 17.2. The summed E-state index contributed by atoms with van der Waals surface area (Å²) in [7, 11) is 0. The Morgan fingerprint density at radius 2 is 2.41 bits per heavy atom. The fraction of sp³-hybridized carbons (Fsp3) is 0.667. The van der Waals surface area contributed by atoms with Crippen molar-refractivity contribution in [1.82, 2.24) is 10.2 Å². The summed E-state index contributed by atoms with van der Waals surface area (Å²) in [6, 6.07) is 1.93. The molecule has 0 aliphatic carbocycles. The number of aromatic nitrogens is 2. The summed E-state index contributed by atoms with van der Waals surface area (Å²) in [6.07, 6.45) is 4.89. The lowest BCUT2D eigenvalue weighted by atomic mass is 9.95. The highest BCUT2D eigenvalue weighted by atomic mass is 16.3. The molecule has 5 nitrogen and oxygen atoms in total. The maximum Gasteiger partial charge on any atom is 0.155 e. The van der Waals surface area contributed by atoms with E-state index in [0.717, 1.165) is 37.3 Å². The first-order valence-corrected chi connectivity index (χ1v) is 6.21. The number of aliphatic hydroxyl groups is 1. The molecule has 1 aromatic heterocycles. The highest BCUT2D eigenvalue weighted by Gasteiger charge is 2.22. The predicted octanol–water partition coefficient (Wildman–Crippen LogP) is 0.534. The van der Waals surface area contributed by atoms with Gasteiger partial charge in [-0.2, -0.15) is 5.10 Å². The number of piperidine rings is 1. The molecular weight excluding hydrogens is 216 g/mol. The SMILES string of the molecule is NCc1ccnnc1N1CCCC(CCO)C1. The lowest BCUT2D eigenvalue weighted by Crippen LogP contribution is -2.37. The quantitative estimate of drug-likeness (QED) is 0.797. The largest absolute Gasteiger partial charge is 0.396 e. The van der Waals surface area contributed by atoms with E-state index < -0.39 is 0 Å². The summed E-state index contributed by atoms with van der Waals surface area (Å²) in [5.41, 5.74) is 6.76. The van der Waals surface area contributed by atoms with Gasteiger partial charge in [0.1, 0.15) is 0 Å². The molecule has 3 N–H and O–H groups in total. The summed E-state index contributed by atoms with van der Waals surface area (Å²) < 4.78 is 0. The molecule has 0 radical (unpaired) electrons. The number of hydrogen-bond donors (Lipinski definition) is 2. The van der Waals surface area contributed by atoms with Crippen molar-refractivity contribution < 1.29 is 5.11 Å². The average Bonchev–Trinajstić information content (AvgIpc) is 2.39. The molecule has 1 atom stereocenters. The predicted molar refractivity (Wildman–Crippen MR) is 66.6 cm³/mol. The van der Waals surface area contributed by atoms with Crippen LogP contribution in [0.15, 0.2) is 12.3 Å². The van der Waals surface area contributed by atoms with Gasteiger partial charge in [-0.15, -0.1) is 5.10 Å². The minimum absolute atomic E-state index is 0.267. The fourth-order valence-corrected chi connectivity index (χ4v) is 2.45. The van der Waals surface area contributed by atoms with Gasteiger partial charge in [0.25, 0.3) is 0 Å². The molecule has 1 aliphatic heterocycles. The van der Waals surface area contributed by atoms with Gasteiger partial charge in [-0.1, -0.05) is 0 Å². The Balaban J connectivity index is 2.10. The molecule has 5 heteroatoms. The second-order valence-electron chi connectivity index (χ2n) is 4.55. The van der Waals surface area contributed by atoms with Crippen LogP contribution in [0, 0.1) is 5.92 Å². The van der Waals surface area contributed by atoms with E-state index in [9.17, 15) is 0 Å². The molecule has 94 valence electrons. The fourth-order valence-electron chi connectivity index (χ4n) is 2.45. The molecular formula is C12H20N4O. The Bertz CT molecular complexity index is 356. The molecule has 0 aromatic carbocycles. The molecule has 1 aliphatic rings. The van der Waals surface area contributed by atoms with Gasteiger partial charge >= 0.3 is 0 Å². The molecule has 1 unspecified atom stereocenters. The first-order chi connectivity index (χ1) is 8.35. The second kappa shape index (κ2) is 5.93. The molecule has 1 aromatic rings. The Morgan fingerprint density at radius 3 is 3.18 bits per heavy atom. The third-order valence-corrected chi connectivity index (χ3v) is 3.36. The van der Waals surface area contributed by atoms with Crippen molar-refractivity contribution >= 4 is 5.82 Å². The van der Waals surface area contributed by atoms with Crippen molar-refractivity contribution in [3.8, 4) is 0 Å². The van der Waals surface area contributed by atoms with E-state index in [1.807, 2.05) is 6.07 Å². The van der Waals surface area contributed by atoms with E-state index in [1.165, 1.54) is 6.42 Å². The van der Waals surface area contributed by atoms with Crippen molar-refractivity contribution in [2.24, 2.45) is 11.7 Å². The minimum atomic E-state index is 0.267. The second-order valence-corrected chi connectivity index (χ2v) is 4.55. The molecule has 1 saturated heterocycles. The third kappa shape index (κ3) is 2.92. The van der Waals surface area contributed by atoms with E-state index in [4.69, 9.17) is 10.8 Å². The highest BCUT2D eigenvalue weighted by Crippen LogP contribution is 2.25. The number of aliphatic hydroxyl groups excluding tert-OH is 1. The van der Waals surface area contributed by atoms with Crippen molar-refractivity contribution in [2.75, 3.05) is 24.6 Å². The normalized spacial score (nSPS) is 20.6. The maximum absolute atomic E-state index is 9.01. The Morgan fingerprint density at radius 1 is 1.53 bits per heavy atom. The van der Waals surface area contributed by atoms with Crippen molar-refractivity contribution in [2.45, 2.75) is 25.8 Å². The molecule has 1 fully saturated rings. The van der Waals surface area contributed by atoms with Gasteiger partial charge < -0.3 is 15.7 Å². The Labute approximate surface area is 102 Å². The van der Waals surface area contributed by atoms with Gasteiger partial charge in [-0.05, 0) is 31.2 Å². The van der Waals surface area contributed by atoms with Crippen molar-refractivity contribution in [3.63, 3.8) is 0 Å². The molecule has 0 amide bonds. The molecule has 0 spiro atoms. The van der Waals surface area contributed by atoms with E-state index in [2.05, 4.69) is 15.1 Å². The number of nitrogens with zero attached hydrogens (tertiary/aromatic N) is 3. The van der Waals surface area contributed by atoms with E-state index in [0.29, 0.717) is 12.5 Å². The van der Waals surface area contributed by atoms with Crippen LogP contribution in [0.5, 0.6) is 0 Å². The van der Waals surface area contributed by atoms with Crippen LogP contribution in [0.25, 0.3) is 0 Å². The van der Waals surface area contributed by atoms with E-state index in [1.54, 1.807) is 6.20 Å². The van der Waals surface area contributed by atoms with E-state index in [-0.39, 0.29) is 6.61 Å². The van der Waals surface area contributed by atoms with Crippen LogP contribution < -0.4 is 10.6 Å². The van der Waals surface area contributed by atoms with Crippen LogP contribution >= 0.6 is 0 Å². The summed E-state index contributed by atoms with van der Waals surface area (Å²) in [6.45, 7) is 2.72. The molecule has 0 bridgehead atoms. The van der Waals surface area contributed by atoms with E-state index >= 15 is 0 Å². The van der Waals surface area contributed by atoms with Gasteiger partial charge in [0.15, 0.2) is 5.82 Å². The zero-order valence-corrected chi connectivity index (χ0v) is 10.0. The molecule has 0 saturated carbocycles. The smallest absolute Gasteiger partial charge is 0.155 e. The topological polar surface area (TPSA) is 75.3 Å². The minimum Gasteiger partial charge on any atom is -0.396 e. The van der Waals surface area contributed by atoms with Crippen LogP contribution in [0.1, 0.15) is 24.8 Å². The lowest BCUT2D eigenvalue weighted by Gasteiger charge is -2.34. The Kier molecular flexibility index (Phi) is 4.28. The molecule has 2 heterocycles. The van der Waals surface area contributed by atoms with Crippen LogP contribution in [0.2, 0.25) is 0 Å². The number of anilines is 1. The number of rotatable bonds is 4. The summed E-state index contributed by atoms with van der Waals surface area (Å²) in [4.78, 5) is 2.25. The highest BCUT2D eigenvalue weighted by molar-refractivity contribution is 5.45.